The molecule has 130 valence electrons. The zero-order valence-corrected chi connectivity index (χ0v) is 15.4. The summed E-state index contributed by atoms with van der Waals surface area (Å²) in [6.45, 7) is 0.744. The standard InChI is InChI=1S/C23H17N3S/c24-13-19(23(25)27)12-20-15-26(22-8-4-3-7-21(20)22)14-16-9-10-17-5-1-2-6-18(17)11-16/h1-12,15H,14H2,(H2,25,27)/b19-12-. The molecule has 0 atom stereocenters. The van der Waals surface area contributed by atoms with Gasteiger partial charge in [-0.3, -0.25) is 0 Å². The summed E-state index contributed by atoms with van der Waals surface area (Å²) < 4.78 is 2.19. The summed E-state index contributed by atoms with van der Waals surface area (Å²) >= 11 is 4.97. The fourth-order valence-corrected chi connectivity index (χ4v) is 3.47. The van der Waals surface area contributed by atoms with Gasteiger partial charge in [-0.25, -0.2) is 0 Å². The van der Waals surface area contributed by atoms with Crippen molar-refractivity contribution in [2.24, 2.45) is 5.73 Å². The van der Waals surface area contributed by atoms with Crippen LogP contribution in [-0.4, -0.2) is 9.56 Å². The predicted molar refractivity (Wildman–Crippen MR) is 115 cm³/mol. The lowest BCUT2D eigenvalue weighted by Crippen LogP contribution is -2.09. The van der Waals surface area contributed by atoms with Crippen LogP contribution in [0.25, 0.3) is 27.8 Å². The average Bonchev–Trinajstić information content (AvgIpc) is 3.03. The number of nitriles is 1. The van der Waals surface area contributed by atoms with Crippen molar-refractivity contribution in [1.82, 2.24) is 4.57 Å². The second-order valence-corrected chi connectivity index (χ2v) is 6.88. The van der Waals surface area contributed by atoms with Crippen molar-refractivity contribution < 1.29 is 0 Å². The van der Waals surface area contributed by atoms with Gasteiger partial charge in [0.1, 0.15) is 11.1 Å². The normalized spacial score (nSPS) is 11.6. The minimum absolute atomic E-state index is 0.115. The number of benzene rings is 3. The average molecular weight is 367 g/mol. The van der Waals surface area contributed by atoms with Crippen LogP contribution < -0.4 is 5.73 Å². The van der Waals surface area contributed by atoms with E-state index in [4.69, 9.17) is 18.0 Å². The van der Waals surface area contributed by atoms with Gasteiger partial charge in [-0.2, -0.15) is 5.26 Å². The van der Waals surface area contributed by atoms with E-state index in [1.54, 1.807) is 6.08 Å². The summed E-state index contributed by atoms with van der Waals surface area (Å²) in [6.07, 6.45) is 3.82. The summed E-state index contributed by atoms with van der Waals surface area (Å²) in [7, 11) is 0. The first kappa shape index (κ1) is 17.0. The molecule has 1 heterocycles. The number of hydrogen-bond acceptors (Lipinski definition) is 2. The van der Waals surface area contributed by atoms with Crippen molar-refractivity contribution in [2.75, 3.05) is 0 Å². The number of nitrogens with two attached hydrogens (primary N) is 1. The number of thiocarbonyl (C=S) groups is 1. The van der Waals surface area contributed by atoms with E-state index in [9.17, 15) is 5.26 Å². The summed E-state index contributed by atoms with van der Waals surface area (Å²) in [5.74, 6) is 0. The van der Waals surface area contributed by atoms with Crippen molar-refractivity contribution in [3.05, 3.63) is 89.6 Å². The van der Waals surface area contributed by atoms with Gasteiger partial charge in [-0.15, -0.1) is 0 Å². The SMILES string of the molecule is N#C/C(=C/c1cn(Cc2ccc3ccccc3c2)c2ccccc12)C(N)=S. The number of para-hydroxylation sites is 1. The van der Waals surface area contributed by atoms with Crippen molar-refractivity contribution in [3.8, 4) is 6.07 Å². The molecule has 0 amide bonds. The molecule has 0 aliphatic carbocycles. The number of hydrogen-bond donors (Lipinski definition) is 1. The van der Waals surface area contributed by atoms with E-state index in [1.807, 2.05) is 18.2 Å². The Morgan fingerprint density at radius 3 is 2.56 bits per heavy atom. The van der Waals surface area contributed by atoms with Gasteiger partial charge in [0.25, 0.3) is 0 Å². The number of rotatable bonds is 4. The molecule has 4 aromatic rings. The molecule has 0 bridgehead atoms. The van der Waals surface area contributed by atoms with Crippen molar-refractivity contribution in [2.45, 2.75) is 6.54 Å². The Balaban J connectivity index is 1.80. The Morgan fingerprint density at radius 1 is 1.04 bits per heavy atom. The van der Waals surface area contributed by atoms with Crippen molar-refractivity contribution >= 4 is 45.0 Å². The summed E-state index contributed by atoms with van der Waals surface area (Å²) in [5, 5.41) is 12.8. The molecule has 3 nitrogen and oxygen atoms in total. The van der Waals surface area contributed by atoms with E-state index in [0.717, 1.165) is 23.0 Å². The number of fused-ring (bicyclic) bond motifs is 2. The molecule has 4 rings (SSSR count). The van der Waals surface area contributed by atoms with Gasteiger partial charge < -0.3 is 10.3 Å². The van der Waals surface area contributed by atoms with E-state index in [2.05, 4.69) is 65.4 Å². The molecular weight excluding hydrogens is 350 g/mol. The highest BCUT2D eigenvalue weighted by molar-refractivity contribution is 7.80. The maximum atomic E-state index is 9.28. The minimum atomic E-state index is 0.115. The van der Waals surface area contributed by atoms with Crippen LogP contribution in [0.2, 0.25) is 0 Å². The third-order valence-corrected chi connectivity index (χ3v) is 4.89. The van der Waals surface area contributed by atoms with E-state index in [1.165, 1.54) is 16.3 Å². The Bertz CT molecular complexity index is 1240. The predicted octanol–water partition coefficient (Wildman–Crippen LogP) is 5.04. The molecular formula is C23H17N3S. The van der Waals surface area contributed by atoms with Crippen LogP contribution >= 0.6 is 12.2 Å². The number of nitrogens with zero attached hydrogens (tertiary/aromatic N) is 2. The van der Waals surface area contributed by atoms with Gasteiger partial charge in [-0.1, -0.05) is 66.8 Å². The highest BCUT2D eigenvalue weighted by Gasteiger charge is 2.09. The molecule has 0 unspecified atom stereocenters. The molecule has 4 heteroatoms. The Morgan fingerprint density at radius 2 is 1.78 bits per heavy atom. The van der Waals surface area contributed by atoms with Gasteiger partial charge in [0.15, 0.2) is 0 Å². The molecule has 27 heavy (non-hydrogen) atoms. The second kappa shape index (κ2) is 7.06. The van der Waals surface area contributed by atoms with Gasteiger partial charge in [0, 0.05) is 29.2 Å². The van der Waals surface area contributed by atoms with Gasteiger partial charge >= 0.3 is 0 Å². The molecule has 0 aliphatic rings. The topological polar surface area (TPSA) is 54.7 Å². The quantitative estimate of drug-likeness (QED) is 0.312. The molecule has 2 N–H and O–H groups in total. The fraction of sp³-hybridized carbons (Fsp3) is 0.0435. The first-order valence-corrected chi connectivity index (χ1v) is 9.04. The fourth-order valence-electron chi connectivity index (χ4n) is 3.37. The molecule has 0 saturated carbocycles. The van der Waals surface area contributed by atoms with Crippen LogP contribution in [0.5, 0.6) is 0 Å². The lowest BCUT2D eigenvalue weighted by atomic mass is 10.1. The molecule has 0 saturated heterocycles. The molecule has 3 aromatic carbocycles. The van der Waals surface area contributed by atoms with E-state index in [-0.39, 0.29) is 4.99 Å². The highest BCUT2D eigenvalue weighted by Crippen LogP contribution is 2.25. The van der Waals surface area contributed by atoms with E-state index >= 15 is 0 Å². The van der Waals surface area contributed by atoms with Crippen LogP contribution in [0.4, 0.5) is 0 Å². The van der Waals surface area contributed by atoms with Gasteiger partial charge in [0.2, 0.25) is 0 Å². The Labute approximate surface area is 162 Å². The third kappa shape index (κ3) is 3.33. The number of aromatic nitrogens is 1. The molecule has 0 aliphatic heterocycles. The minimum Gasteiger partial charge on any atom is -0.389 e. The lowest BCUT2D eigenvalue weighted by Gasteiger charge is -2.07. The van der Waals surface area contributed by atoms with Crippen LogP contribution in [0, 0.1) is 11.3 Å². The van der Waals surface area contributed by atoms with Crippen LogP contribution in [0.15, 0.2) is 78.5 Å². The van der Waals surface area contributed by atoms with Gasteiger partial charge in [-0.05, 0) is 34.5 Å². The largest absolute Gasteiger partial charge is 0.389 e. The van der Waals surface area contributed by atoms with E-state index < -0.39 is 0 Å². The second-order valence-electron chi connectivity index (χ2n) is 6.45. The van der Waals surface area contributed by atoms with Crippen molar-refractivity contribution in [3.63, 3.8) is 0 Å². The monoisotopic (exact) mass is 367 g/mol. The summed E-state index contributed by atoms with van der Waals surface area (Å²) in [5.41, 5.74) is 9.25. The molecule has 0 spiro atoms. The van der Waals surface area contributed by atoms with E-state index in [0.29, 0.717) is 5.57 Å². The first-order valence-electron chi connectivity index (χ1n) is 8.63. The molecule has 0 fully saturated rings. The van der Waals surface area contributed by atoms with Crippen LogP contribution in [0.3, 0.4) is 0 Å². The lowest BCUT2D eigenvalue weighted by molar-refractivity contribution is 0.837. The third-order valence-electron chi connectivity index (χ3n) is 4.67. The van der Waals surface area contributed by atoms with Crippen LogP contribution in [-0.2, 0) is 6.54 Å². The van der Waals surface area contributed by atoms with Gasteiger partial charge in [0.05, 0.1) is 5.57 Å². The van der Waals surface area contributed by atoms with Crippen molar-refractivity contribution in [1.29, 1.82) is 5.26 Å². The summed E-state index contributed by atoms with van der Waals surface area (Å²) in [4.78, 5) is 0.115. The first-order chi connectivity index (χ1) is 13.2. The highest BCUT2D eigenvalue weighted by atomic mass is 32.1. The Hall–Kier alpha value is -3.42. The Kier molecular flexibility index (Phi) is 4.45. The molecule has 0 radical (unpaired) electrons. The smallest absolute Gasteiger partial charge is 0.114 e. The van der Waals surface area contributed by atoms with Crippen LogP contribution in [0.1, 0.15) is 11.1 Å². The maximum absolute atomic E-state index is 9.28. The zero-order chi connectivity index (χ0) is 18.8. The maximum Gasteiger partial charge on any atom is 0.114 e. The molecule has 1 aromatic heterocycles. The zero-order valence-electron chi connectivity index (χ0n) is 14.6. The summed E-state index contributed by atoms with van der Waals surface area (Å²) in [6, 6.07) is 25.1.